The predicted molar refractivity (Wildman–Crippen MR) is 80.5 cm³/mol. The SMILES string of the molecule is Cc1nn(C)cc1CNS(=O)(=O)c1ccc(Br)c(N)c1. The van der Waals surface area contributed by atoms with E-state index in [9.17, 15) is 8.42 Å². The van der Waals surface area contributed by atoms with Crippen LogP contribution in [-0.2, 0) is 23.6 Å². The maximum atomic E-state index is 12.2. The van der Waals surface area contributed by atoms with Gasteiger partial charge in [-0.1, -0.05) is 0 Å². The summed E-state index contributed by atoms with van der Waals surface area (Å²) in [6.45, 7) is 2.03. The topological polar surface area (TPSA) is 90.0 Å². The minimum absolute atomic E-state index is 0.139. The summed E-state index contributed by atoms with van der Waals surface area (Å²) >= 11 is 3.23. The number of sulfonamides is 1. The van der Waals surface area contributed by atoms with Crippen LogP contribution in [0.3, 0.4) is 0 Å². The molecule has 0 spiro atoms. The van der Waals surface area contributed by atoms with Gasteiger partial charge in [0.05, 0.1) is 10.6 Å². The average Bonchev–Trinajstić information content (AvgIpc) is 2.69. The lowest BCUT2D eigenvalue weighted by molar-refractivity contribution is 0.581. The first-order valence-corrected chi connectivity index (χ1v) is 8.11. The fraction of sp³-hybridized carbons (Fsp3) is 0.250. The van der Waals surface area contributed by atoms with E-state index >= 15 is 0 Å². The molecule has 8 heteroatoms. The Hall–Kier alpha value is -1.38. The van der Waals surface area contributed by atoms with Crippen LogP contribution in [0.5, 0.6) is 0 Å². The molecule has 0 amide bonds. The van der Waals surface area contributed by atoms with Crippen molar-refractivity contribution >= 4 is 31.6 Å². The molecule has 6 nitrogen and oxygen atoms in total. The minimum atomic E-state index is -3.59. The maximum Gasteiger partial charge on any atom is 0.240 e. The zero-order valence-corrected chi connectivity index (χ0v) is 13.5. The van der Waals surface area contributed by atoms with Crippen LogP contribution in [-0.4, -0.2) is 18.2 Å². The second kappa shape index (κ2) is 5.55. The molecule has 2 aromatic rings. The van der Waals surface area contributed by atoms with E-state index in [0.29, 0.717) is 10.2 Å². The van der Waals surface area contributed by atoms with E-state index in [-0.39, 0.29) is 11.4 Å². The number of halogens is 1. The lowest BCUT2D eigenvalue weighted by Gasteiger charge is -2.07. The Labute approximate surface area is 126 Å². The Bertz CT molecular complexity index is 740. The van der Waals surface area contributed by atoms with E-state index in [4.69, 9.17) is 5.73 Å². The molecule has 108 valence electrons. The molecule has 3 N–H and O–H groups in total. The normalized spacial score (nSPS) is 11.8. The molecule has 0 aliphatic carbocycles. The lowest BCUT2D eigenvalue weighted by Crippen LogP contribution is -2.23. The van der Waals surface area contributed by atoms with Crippen LogP contribution in [0.4, 0.5) is 5.69 Å². The smallest absolute Gasteiger partial charge is 0.240 e. The Morgan fingerprint density at radius 3 is 2.70 bits per heavy atom. The number of nitrogen functional groups attached to an aromatic ring is 1. The van der Waals surface area contributed by atoms with Gasteiger partial charge in [-0.15, -0.1) is 0 Å². The van der Waals surface area contributed by atoms with Crippen LogP contribution < -0.4 is 10.5 Å². The number of hydrogen-bond acceptors (Lipinski definition) is 4. The third-order valence-electron chi connectivity index (χ3n) is 2.85. The van der Waals surface area contributed by atoms with Gasteiger partial charge in [0.25, 0.3) is 0 Å². The molecule has 1 aromatic carbocycles. The number of nitrogens with two attached hydrogens (primary N) is 1. The average molecular weight is 359 g/mol. The number of aromatic nitrogens is 2. The molecule has 0 saturated carbocycles. The molecule has 20 heavy (non-hydrogen) atoms. The largest absolute Gasteiger partial charge is 0.398 e. The molecule has 0 radical (unpaired) electrons. The van der Waals surface area contributed by atoms with Gasteiger partial charge in [0.15, 0.2) is 0 Å². The summed E-state index contributed by atoms with van der Waals surface area (Å²) in [7, 11) is -1.80. The highest BCUT2D eigenvalue weighted by molar-refractivity contribution is 9.10. The predicted octanol–water partition coefficient (Wildman–Crippen LogP) is 1.55. The molecule has 0 atom stereocenters. The van der Waals surface area contributed by atoms with Gasteiger partial charge in [0.2, 0.25) is 10.0 Å². The molecule has 0 aliphatic heterocycles. The summed E-state index contributed by atoms with van der Waals surface area (Å²) in [5.74, 6) is 0. The van der Waals surface area contributed by atoms with E-state index in [1.807, 2.05) is 6.92 Å². The number of nitrogens with zero attached hydrogens (tertiary/aromatic N) is 2. The number of aryl methyl sites for hydroxylation is 2. The third-order valence-corrected chi connectivity index (χ3v) is 4.97. The third kappa shape index (κ3) is 3.20. The molecule has 0 fully saturated rings. The summed E-state index contributed by atoms with van der Waals surface area (Å²) in [5.41, 5.74) is 7.71. The Morgan fingerprint density at radius 1 is 1.45 bits per heavy atom. The van der Waals surface area contributed by atoms with Gasteiger partial charge >= 0.3 is 0 Å². The minimum Gasteiger partial charge on any atom is -0.398 e. The van der Waals surface area contributed by atoms with Crippen molar-refractivity contribution in [3.63, 3.8) is 0 Å². The summed E-state index contributed by atoms with van der Waals surface area (Å²) in [6, 6.07) is 4.53. The van der Waals surface area contributed by atoms with E-state index in [0.717, 1.165) is 11.3 Å². The number of hydrogen-bond donors (Lipinski definition) is 2. The number of nitrogens with one attached hydrogen (secondary N) is 1. The van der Waals surface area contributed by atoms with Crippen molar-refractivity contribution in [1.29, 1.82) is 0 Å². The van der Waals surface area contributed by atoms with Crippen molar-refractivity contribution in [2.45, 2.75) is 18.4 Å². The van der Waals surface area contributed by atoms with Crippen molar-refractivity contribution in [3.8, 4) is 0 Å². The van der Waals surface area contributed by atoms with Gasteiger partial charge in [0.1, 0.15) is 0 Å². The molecule has 0 bridgehead atoms. The fourth-order valence-corrected chi connectivity index (χ4v) is 3.06. The quantitative estimate of drug-likeness (QED) is 0.811. The van der Waals surface area contributed by atoms with Crippen LogP contribution in [0.1, 0.15) is 11.3 Å². The summed E-state index contributed by atoms with van der Waals surface area (Å²) < 4.78 is 29.2. The van der Waals surface area contributed by atoms with Crippen LogP contribution in [0.15, 0.2) is 33.8 Å². The molecule has 0 aliphatic rings. The van der Waals surface area contributed by atoms with Gasteiger partial charge in [-0.2, -0.15) is 5.10 Å². The van der Waals surface area contributed by atoms with Gasteiger partial charge in [0, 0.05) is 35.5 Å². The molecule has 0 unspecified atom stereocenters. The first-order chi connectivity index (χ1) is 9.29. The molecule has 2 rings (SSSR count). The Balaban J connectivity index is 2.19. The van der Waals surface area contributed by atoms with Gasteiger partial charge in [-0.3, -0.25) is 4.68 Å². The van der Waals surface area contributed by atoms with Crippen molar-refractivity contribution in [3.05, 3.63) is 40.1 Å². The van der Waals surface area contributed by atoms with Crippen molar-refractivity contribution in [2.24, 2.45) is 7.05 Å². The Morgan fingerprint density at radius 2 is 2.15 bits per heavy atom. The fourth-order valence-electron chi connectivity index (χ4n) is 1.77. The zero-order chi connectivity index (χ0) is 14.9. The Kier molecular flexibility index (Phi) is 4.17. The first kappa shape index (κ1) is 15.0. The van der Waals surface area contributed by atoms with Crippen molar-refractivity contribution in [2.75, 3.05) is 5.73 Å². The standard InChI is InChI=1S/C12H15BrN4O2S/c1-8-9(7-17(2)16-8)6-15-20(18,19)10-3-4-11(13)12(14)5-10/h3-5,7,15H,6,14H2,1-2H3. The number of rotatable bonds is 4. The number of benzene rings is 1. The molecular formula is C12H15BrN4O2S. The van der Waals surface area contributed by atoms with Crippen LogP contribution in [0.2, 0.25) is 0 Å². The van der Waals surface area contributed by atoms with E-state index in [1.54, 1.807) is 24.0 Å². The van der Waals surface area contributed by atoms with Crippen LogP contribution in [0, 0.1) is 6.92 Å². The lowest BCUT2D eigenvalue weighted by atomic mass is 10.3. The molecular weight excluding hydrogens is 344 g/mol. The van der Waals surface area contributed by atoms with Gasteiger partial charge in [-0.05, 0) is 41.1 Å². The molecule has 1 aromatic heterocycles. The van der Waals surface area contributed by atoms with Crippen molar-refractivity contribution in [1.82, 2.24) is 14.5 Å². The highest BCUT2D eigenvalue weighted by Gasteiger charge is 2.16. The van der Waals surface area contributed by atoms with E-state index < -0.39 is 10.0 Å². The zero-order valence-electron chi connectivity index (χ0n) is 11.1. The van der Waals surface area contributed by atoms with E-state index in [2.05, 4.69) is 25.8 Å². The first-order valence-electron chi connectivity index (χ1n) is 5.83. The highest BCUT2D eigenvalue weighted by Crippen LogP contribution is 2.22. The maximum absolute atomic E-state index is 12.2. The monoisotopic (exact) mass is 358 g/mol. The second-order valence-electron chi connectivity index (χ2n) is 4.42. The van der Waals surface area contributed by atoms with Gasteiger partial charge < -0.3 is 5.73 Å². The molecule has 0 saturated heterocycles. The summed E-state index contributed by atoms with van der Waals surface area (Å²) in [4.78, 5) is 0.139. The second-order valence-corrected chi connectivity index (χ2v) is 7.04. The van der Waals surface area contributed by atoms with Crippen LogP contribution in [0.25, 0.3) is 0 Å². The number of anilines is 1. The van der Waals surface area contributed by atoms with E-state index in [1.165, 1.54) is 12.1 Å². The summed E-state index contributed by atoms with van der Waals surface area (Å²) in [6.07, 6.45) is 1.79. The van der Waals surface area contributed by atoms with Gasteiger partial charge in [-0.25, -0.2) is 13.1 Å². The van der Waals surface area contributed by atoms with Crippen molar-refractivity contribution < 1.29 is 8.42 Å². The molecule has 1 heterocycles. The highest BCUT2D eigenvalue weighted by atomic mass is 79.9. The van der Waals surface area contributed by atoms with Crippen LogP contribution >= 0.6 is 15.9 Å². The summed E-state index contributed by atoms with van der Waals surface area (Å²) in [5, 5.41) is 4.17.